The Morgan fingerprint density at radius 3 is 3.00 bits per heavy atom. The van der Waals surface area contributed by atoms with Gasteiger partial charge in [-0.3, -0.25) is 0 Å². The Morgan fingerprint density at radius 2 is 2.11 bits per heavy atom. The fraction of sp³-hybridized carbons (Fsp3) is 1.00. The summed E-state index contributed by atoms with van der Waals surface area (Å²) in [6, 6.07) is 0.642. The van der Waals surface area contributed by atoms with E-state index in [0.717, 1.165) is 52.5 Å². The third kappa shape index (κ3) is 4.50. The number of ether oxygens (including phenoxy) is 2. The molecular formula is C14H28N2O2. The van der Waals surface area contributed by atoms with Crippen LogP contribution >= 0.6 is 0 Å². The summed E-state index contributed by atoms with van der Waals surface area (Å²) in [5, 5.41) is 3.69. The number of hydrogen-bond donors (Lipinski definition) is 1. The van der Waals surface area contributed by atoms with Crippen LogP contribution in [0.2, 0.25) is 0 Å². The van der Waals surface area contributed by atoms with Crippen LogP contribution in [0.15, 0.2) is 0 Å². The van der Waals surface area contributed by atoms with E-state index in [9.17, 15) is 0 Å². The summed E-state index contributed by atoms with van der Waals surface area (Å²) in [6.45, 7) is 10.4. The van der Waals surface area contributed by atoms with Crippen molar-refractivity contribution in [3.05, 3.63) is 0 Å². The van der Waals surface area contributed by atoms with Crippen molar-refractivity contribution in [2.75, 3.05) is 52.6 Å². The lowest BCUT2D eigenvalue weighted by molar-refractivity contribution is 0.0162. The zero-order valence-corrected chi connectivity index (χ0v) is 11.7. The maximum atomic E-state index is 5.67. The first-order valence-electron chi connectivity index (χ1n) is 7.51. The number of nitrogens with one attached hydrogen (secondary N) is 1. The van der Waals surface area contributed by atoms with E-state index < -0.39 is 0 Å². The first kappa shape index (κ1) is 14.3. The fourth-order valence-electron chi connectivity index (χ4n) is 2.89. The second-order valence-electron chi connectivity index (χ2n) is 5.45. The largest absolute Gasteiger partial charge is 0.381 e. The van der Waals surface area contributed by atoms with Gasteiger partial charge >= 0.3 is 0 Å². The van der Waals surface area contributed by atoms with Crippen LogP contribution in [0.25, 0.3) is 0 Å². The van der Waals surface area contributed by atoms with Crippen molar-refractivity contribution < 1.29 is 9.47 Å². The van der Waals surface area contributed by atoms with Gasteiger partial charge in [0.25, 0.3) is 0 Å². The summed E-state index contributed by atoms with van der Waals surface area (Å²) in [6.07, 6.45) is 3.54. The Morgan fingerprint density at radius 1 is 1.17 bits per heavy atom. The molecule has 4 heteroatoms. The average Bonchev–Trinajstić information content (AvgIpc) is 2.66. The molecule has 2 aliphatic heterocycles. The first-order valence-corrected chi connectivity index (χ1v) is 7.51. The van der Waals surface area contributed by atoms with Gasteiger partial charge in [0.05, 0.1) is 13.2 Å². The molecule has 18 heavy (non-hydrogen) atoms. The molecule has 2 rings (SSSR count). The lowest BCUT2D eigenvalue weighted by Gasteiger charge is -2.35. The molecule has 0 aliphatic carbocycles. The third-order valence-corrected chi connectivity index (χ3v) is 3.94. The van der Waals surface area contributed by atoms with E-state index in [1.807, 2.05) is 0 Å². The fourth-order valence-corrected chi connectivity index (χ4v) is 2.89. The third-order valence-electron chi connectivity index (χ3n) is 3.94. The van der Waals surface area contributed by atoms with Crippen LogP contribution in [0.4, 0.5) is 0 Å². The van der Waals surface area contributed by atoms with Gasteiger partial charge in [0.1, 0.15) is 0 Å². The second kappa shape index (κ2) is 8.10. The molecule has 0 aromatic heterocycles. The number of hydrogen-bond acceptors (Lipinski definition) is 4. The molecule has 2 aliphatic rings. The van der Waals surface area contributed by atoms with E-state index in [0.29, 0.717) is 12.0 Å². The molecule has 0 amide bonds. The molecule has 2 unspecified atom stereocenters. The molecule has 2 fully saturated rings. The van der Waals surface area contributed by atoms with Gasteiger partial charge in [0.2, 0.25) is 0 Å². The SMILES string of the molecule is CCCNC1CCOCC1CN1CCCOCC1. The minimum absolute atomic E-state index is 0.642. The van der Waals surface area contributed by atoms with Crippen molar-refractivity contribution in [3.63, 3.8) is 0 Å². The lowest BCUT2D eigenvalue weighted by Crippen LogP contribution is -2.48. The monoisotopic (exact) mass is 256 g/mol. The smallest absolute Gasteiger partial charge is 0.0593 e. The van der Waals surface area contributed by atoms with E-state index >= 15 is 0 Å². The highest BCUT2D eigenvalue weighted by Gasteiger charge is 2.27. The van der Waals surface area contributed by atoms with Gasteiger partial charge < -0.3 is 19.7 Å². The predicted octanol–water partition coefficient (Wildman–Crippen LogP) is 1.11. The Kier molecular flexibility index (Phi) is 6.41. The van der Waals surface area contributed by atoms with E-state index in [1.54, 1.807) is 0 Å². The number of rotatable bonds is 5. The summed E-state index contributed by atoms with van der Waals surface area (Å²) < 4.78 is 11.2. The average molecular weight is 256 g/mol. The van der Waals surface area contributed by atoms with Crippen LogP contribution in [0.1, 0.15) is 26.2 Å². The Hall–Kier alpha value is -0.160. The quantitative estimate of drug-likeness (QED) is 0.799. The van der Waals surface area contributed by atoms with Crippen molar-refractivity contribution in [1.82, 2.24) is 10.2 Å². The van der Waals surface area contributed by atoms with Crippen molar-refractivity contribution in [2.24, 2.45) is 5.92 Å². The summed E-state index contributed by atoms with van der Waals surface area (Å²) in [5.41, 5.74) is 0. The Bertz CT molecular complexity index is 218. The molecule has 0 bridgehead atoms. The second-order valence-corrected chi connectivity index (χ2v) is 5.45. The lowest BCUT2D eigenvalue weighted by atomic mass is 9.95. The van der Waals surface area contributed by atoms with Crippen molar-refractivity contribution in [2.45, 2.75) is 32.2 Å². The highest BCUT2D eigenvalue weighted by molar-refractivity contribution is 4.82. The molecule has 2 heterocycles. The van der Waals surface area contributed by atoms with E-state index in [-0.39, 0.29) is 0 Å². The zero-order chi connectivity index (χ0) is 12.6. The van der Waals surface area contributed by atoms with Crippen LogP contribution < -0.4 is 5.32 Å². The van der Waals surface area contributed by atoms with E-state index in [2.05, 4.69) is 17.1 Å². The van der Waals surface area contributed by atoms with Gasteiger partial charge in [-0.25, -0.2) is 0 Å². The van der Waals surface area contributed by atoms with Gasteiger partial charge in [-0.1, -0.05) is 6.92 Å². The molecule has 0 aromatic carbocycles. The summed E-state index contributed by atoms with van der Waals surface area (Å²) in [5.74, 6) is 0.642. The maximum Gasteiger partial charge on any atom is 0.0593 e. The molecule has 1 N–H and O–H groups in total. The molecule has 106 valence electrons. The van der Waals surface area contributed by atoms with Crippen LogP contribution in [0, 0.1) is 5.92 Å². The summed E-state index contributed by atoms with van der Waals surface area (Å²) in [7, 11) is 0. The van der Waals surface area contributed by atoms with E-state index in [1.165, 1.54) is 19.4 Å². The predicted molar refractivity (Wildman–Crippen MR) is 72.9 cm³/mol. The van der Waals surface area contributed by atoms with Crippen molar-refractivity contribution in [1.29, 1.82) is 0 Å². The molecule has 0 aromatic rings. The van der Waals surface area contributed by atoms with Gasteiger partial charge in [0.15, 0.2) is 0 Å². The normalized spacial score (nSPS) is 31.2. The maximum absolute atomic E-state index is 5.67. The van der Waals surface area contributed by atoms with Crippen LogP contribution in [0.5, 0.6) is 0 Å². The topological polar surface area (TPSA) is 33.7 Å². The highest BCUT2D eigenvalue weighted by atomic mass is 16.5. The van der Waals surface area contributed by atoms with Crippen LogP contribution in [0.3, 0.4) is 0 Å². The molecular weight excluding hydrogens is 228 g/mol. The first-order chi connectivity index (χ1) is 8.90. The highest BCUT2D eigenvalue weighted by Crippen LogP contribution is 2.17. The Balaban J connectivity index is 1.79. The minimum atomic E-state index is 0.642. The Labute approximate surface area is 111 Å². The van der Waals surface area contributed by atoms with Gasteiger partial charge in [-0.05, 0) is 25.8 Å². The van der Waals surface area contributed by atoms with Crippen molar-refractivity contribution >= 4 is 0 Å². The summed E-state index contributed by atoms with van der Waals surface area (Å²) >= 11 is 0. The van der Waals surface area contributed by atoms with Gasteiger partial charge in [-0.2, -0.15) is 0 Å². The standard InChI is InChI=1S/C14H28N2O2/c1-2-5-15-14-4-9-18-12-13(14)11-16-6-3-8-17-10-7-16/h13-15H,2-12H2,1H3. The van der Waals surface area contributed by atoms with Gasteiger partial charge in [0, 0.05) is 44.8 Å². The van der Waals surface area contributed by atoms with Crippen molar-refractivity contribution in [3.8, 4) is 0 Å². The molecule has 4 nitrogen and oxygen atoms in total. The molecule has 0 radical (unpaired) electrons. The zero-order valence-electron chi connectivity index (χ0n) is 11.7. The van der Waals surface area contributed by atoms with Gasteiger partial charge in [-0.15, -0.1) is 0 Å². The van der Waals surface area contributed by atoms with E-state index in [4.69, 9.17) is 9.47 Å². The van der Waals surface area contributed by atoms with Crippen LogP contribution in [-0.2, 0) is 9.47 Å². The number of nitrogens with zero attached hydrogens (tertiary/aromatic N) is 1. The molecule has 0 spiro atoms. The molecule has 0 saturated carbocycles. The summed E-state index contributed by atoms with van der Waals surface area (Å²) in [4.78, 5) is 2.55. The minimum Gasteiger partial charge on any atom is -0.381 e. The van der Waals surface area contributed by atoms with Crippen LogP contribution in [-0.4, -0.2) is 63.5 Å². The molecule has 2 saturated heterocycles. The molecule has 2 atom stereocenters.